The average Bonchev–Trinajstić information content (AvgIpc) is 3.09. The second-order valence-electron chi connectivity index (χ2n) is 7.88. The summed E-state index contributed by atoms with van der Waals surface area (Å²) in [6, 6.07) is 9.70. The third-order valence-electron chi connectivity index (χ3n) is 4.30. The van der Waals surface area contributed by atoms with Gasteiger partial charge in [-0.15, -0.1) is 11.3 Å². The predicted octanol–water partition coefficient (Wildman–Crippen LogP) is 4.24. The van der Waals surface area contributed by atoms with Gasteiger partial charge < -0.3 is 20.5 Å². The summed E-state index contributed by atoms with van der Waals surface area (Å²) in [6.07, 6.45) is 2.76. The molecule has 0 aliphatic carbocycles. The van der Waals surface area contributed by atoms with Gasteiger partial charge >= 0.3 is 12.1 Å². The number of fused-ring (bicyclic) bond motifs is 1. The van der Waals surface area contributed by atoms with E-state index in [0.717, 1.165) is 10.1 Å². The lowest BCUT2D eigenvalue weighted by atomic mass is 9.97. The molecule has 0 fully saturated rings. The van der Waals surface area contributed by atoms with Gasteiger partial charge in [0, 0.05) is 18.9 Å². The molecule has 3 aromatic rings. The maximum Gasteiger partial charge on any atom is 0.407 e. The number of benzene rings is 1. The molecular weight excluding hydrogens is 418 g/mol. The first-order valence-electron chi connectivity index (χ1n) is 9.57. The van der Waals surface area contributed by atoms with Gasteiger partial charge in [-0.3, -0.25) is 9.78 Å². The van der Waals surface area contributed by atoms with Gasteiger partial charge in [0.1, 0.15) is 5.60 Å². The fourth-order valence-corrected chi connectivity index (χ4v) is 3.81. The molecule has 0 saturated carbocycles. The van der Waals surface area contributed by atoms with Crippen molar-refractivity contribution in [1.29, 1.82) is 0 Å². The van der Waals surface area contributed by atoms with Gasteiger partial charge in [-0.25, -0.2) is 9.59 Å². The molecule has 31 heavy (non-hydrogen) atoms. The highest BCUT2D eigenvalue weighted by Gasteiger charge is 2.24. The summed E-state index contributed by atoms with van der Waals surface area (Å²) < 4.78 is 6.19. The highest BCUT2D eigenvalue weighted by atomic mass is 32.1. The molecule has 0 saturated heterocycles. The van der Waals surface area contributed by atoms with Gasteiger partial charge in [0.2, 0.25) is 5.91 Å². The first-order valence-corrected chi connectivity index (χ1v) is 10.4. The molecule has 0 bridgehead atoms. The molecule has 0 spiro atoms. The molecule has 0 aliphatic rings. The van der Waals surface area contributed by atoms with Crippen molar-refractivity contribution in [3.63, 3.8) is 0 Å². The maximum absolute atomic E-state index is 13.1. The van der Waals surface area contributed by atoms with Crippen molar-refractivity contribution in [2.45, 2.75) is 32.3 Å². The summed E-state index contributed by atoms with van der Waals surface area (Å²) in [5.41, 5.74) is 0.0113. The number of carboxylic acid groups (broad SMARTS) is 1. The van der Waals surface area contributed by atoms with Gasteiger partial charge in [-0.2, -0.15) is 0 Å². The number of ether oxygens (including phenoxy) is 1. The van der Waals surface area contributed by atoms with Crippen LogP contribution in [-0.2, 0) is 9.53 Å². The number of amides is 2. The molecule has 3 rings (SSSR count). The lowest BCUT2D eigenvalue weighted by Gasteiger charge is -2.22. The third kappa shape index (κ3) is 6.02. The number of carboxylic acids is 1. The molecule has 2 heterocycles. The van der Waals surface area contributed by atoms with E-state index in [2.05, 4.69) is 15.6 Å². The number of alkyl carbamates (subject to hydrolysis) is 1. The van der Waals surface area contributed by atoms with Crippen molar-refractivity contribution in [3.05, 3.63) is 59.9 Å². The zero-order valence-corrected chi connectivity index (χ0v) is 18.2. The van der Waals surface area contributed by atoms with Crippen molar-refractivity contribution in [3.8, 4) is 0 Å². The molecule has 0 aliphatic heterocycles. The molecule has 2 aromatic heterocycles. The molecule has 9 heteroatoms. The van der Waals surface area contributed by atoms with E-state index in [1.807, 2.05) is 12.1 Å². The fraction of sp³-hybridized carbons (Fsp3) is 0.273. The van der Waals surface area contributed by atoms with Crippen molar-refractivity contribution in [1.82, 2.24) is 10.3 Å². The average molecular weight is 442 g/mol. The Morgan fingerprint density at radius 1 is 1.16 bits per heavy atom. The van der Waals surface area contributed by atoms with Crippen LogP contribution in [0.4, 0.5) is 9.80 Å². The summed E-state index contributed by atoms with van der Waals surface area (Å²) >= 11 is 1.39. The Balaban J connectivity index is 1.80. The summed E-state index contributed by atoms with van der Waals surface area (Å²) in [6.45, 7) is 5.23. The number of thiophene rings is 1. The smallest absolute Gasteiger partial charge is 0.407 e. The Kier molecular flexibility index (Phi) is 6.55. The molecule has 162 valence electrons. The minimum absolute atomic E-state index is 0.0143. The standard InChI is InChI=1S/C22H23N3O5S/c1-22(2,3)30-21(29)24-11-16(13-4-6-14(7-5-13)20(27)28)19(26)25-18-10-15-8-9-23-12-17(15)31-18/h4-10,12,16H,11H2,1-3H3,(H,24,29)(H,25,26)(H,27,28). The van der Waals surface area contributed by atoms with E-state index in [1.54, 1.807) is 45.3 Å². The van der Waals surface area contributed by atoms with Crippen LogP contribution in [0.25, 0.3) is 10.1 Å². The van der Waals surface area contributed by atoms with Gasteiger partial charge in [0.25, 0.3) is 0 Å². The minimum Gasteiger partial charge on any atom is -0.478 e. The molecule has 3 N–H and O–H groups in total. The first-order chi connectivity index (χ1) is 14.6. The van der Waals surface area contributed by atoms with Crippen LogP contribution in [-0.4, -0.2) is 40.2 Å². The number of rotatable bonds is 6. The number of carbonyl (C=O) groups excluding carboxylic acids is 2. The van der Waals surface area contributed by atoms with Crippen LogP contribution in [0.3, 0.4) is 0 Å². The van der Waals surface area contributed by atoms with Crippen molar-refractivity contribution in [2.24, 2.45) is 0 Å². The Morgan fingerprint density at radius 3 is 2.48 bits per heavy atom. The Bertz CT molecular complexity index is 1070. The van der Waals surface area contributed by atoms with Gasteiger partial charge in [-0.1, -0.05) is 12.1 Å². The molecule has 2 amide bonds. The van der Waals surface area contributed by atoms with Crippen LogP contribution in [0.5, 0.6) is 0 Å². The number of hydrogen-bond acceptors (Lipinski definition) is 6. The second-order valence-corrected chi connectivity index (χ2v) is 8.96. The van der Waals surface area contributed by atoms with E-state index in [0.29, 0.717) is 10.6 Å². The number of hydrogen-bond donors (Lipinski definition) is 3. The van der Waals surface area contributed by atoms with Crippen molar-refractivity contribution >= 4 is 44.4 Å². The highest BCUT2D eigenvalue weighted by molar-refractivity contribution is 7.22. The Hall–Kier alpha value is -3.46. The normalized spacial score (nSPS) is 12.2. The van der Waals surface area contributed by atoms with Gasteiger partial charge in [-0.05, 0) is 56.0 Å². The number of nitrogens with zero attached hydrogens (tertiary/aromatic N) is 1. The lowest BCUT2D eigenvalue weighted by Crippen LogP contribution is -2.37. The first kappa shape index (κ1) is 22.2. The molecule has 1 unspecified atom stereocenters. The van der Waals surface area contributed by atoms with Crippen LogP contribution >= 0.6 is 11.3 Å². The molecule has 1 atom stereocenters. The van der Waals surface area contributed by atoms with Crippen molar-refractivity contribution in [2.75, 3.05) is 11.9 Å². The monoisotopic (exact) mass is 441 g/mol. The van der Waals surface area contributed by atoms with Crippen LogP contribution in [0.2, 0.25) is 0 Å². The number of carbonyl (C=O) groups is 3. The number of pyridine rings is 1. The predicted molar refractivity (Wildman–Crippen MR) is 119 cm³/mol. The number of anilines is 1. The highest BCUT2D eigenvalue weighted by Crippen LogP contribution is 2.30. The second kappa shape index (κ2) is 9.13. The summed E-state index contributed by atoms with van der Waals surface area (Å²) in [4.78, 5) is 40.4. The molecule has 8 nitrogen and oxygen atoms in total. The summed E-state index contributed by atoms with van der Waals surface area (Å²) in [7, 11) is 0. The van der Waals surface area contributed by atoms with E-state index in [1.165, 1.54) is 23.5 Å². The Labute approximate surface area is 183 Å². The lowest BCUT2D eigenvalue weighted by molar-refractivity contribution is -0.117. The van der Waals surface area contributed by atoms with Crippen LogP contribution < -0.4 is 10.6 Å². The van der Waals surface area contributed by atoms with Crippen LogP contribution in [0, 0.1) is 0 Å². The minimum atomic E-state index is -1.06. The van der Waals surface area contributed by atoms with Crippen molar-refractivity contribution < 1.29 is 24.2 Å². The van der Waals surface area contributed by atoms with E-state index >= 15 is 0 Å². The van der Waals surface area contributed by atoms with Gasteiger partial charge in [0.05, 0.1) is 21.2 Å². The Morgan fingerprint density at radius 2 is 1.87 bits per heavy atom. The molecule has 1 aromatic carbocycles. The number of nitrogens with one attached hydrogen (secondary N) is 2. The van der Waals surface area contributed by atoms with Gasteiger partial charge in [0.15, 0.2) is 0 Å². The largest absolute Gasteiger partial charge is 0.478 e. The quantitative estimate of drug-likeness (QED) is 0.527. The van der Waals surface area contributed by atoms with E-state index in [9.17, 15) is 14.4 Å². The molecule has 0 radical (unpaired) electrons. The maximum atomic E-state index is 13.1. The van der Waals surface area contributed by atoms with E-state index in [4.69, 9.17) is 9.84 Å². The zero-order valence-electron chi connectivity index (χ0n) is 17.3. The van der Waals surface area contributed by atoms with Crippen LogP contribution in [0.1, 0.15) is 42.6 Å². The summed E-state index contributed by atoms with van der Waals surface area (Å²) in [5.74, 6) is -2.14. The number of aromatic carboxylic acids is 1. The van der Waals surface area contributed by atoms with Crippen LogP contribution in [0.15, 0.2) is 48.8 Å². The zero-order chi connectivity index (χ0) is 22.6. The fourth-order valence-electron chi connectivity index (χ4n) is 2.87. The SMILES string of the molecule is CC(C)(C)OC(=O)NCC(C(=O)Nc1cc2ccncc2s1)c1ccc(C(=O)O)cc1. The number of aromatic nitrogens is 1. The molecular formula is C22H23N3O5S. The third-order valence-corrected chi connectivity index (χ3v) is 5.30. The van der Waals surface area contributed by atoms with E-state index < -0.39 is 23.6 Å². The topological polar surface area (TPSA) is 118 Å². The van der Waals surface area contributed by atoms with E-state index in [-0.39, 0.29) is 18.0 Å². The summed E-state index contributed by atoms with van der Waals surface area (Å²) in [5, 5.41) is 16.2.